The maximum atomic E-state index is 4.70. The van der Waals surface area contributed by atoms with Gasteiger partial charge in [0.1, 0.15) is 5.82 Å². The van der Waals surface area contributed by atoms with E-state index in [0.717, 1.165) is 22.9 Å². The van der Waals surface area contributed by atoms with E-state index in [1.54, 1.807) is 0 Å². The Bertz CT molecular complexity index is 463. The van der Waals surface area contributed by atoms with Crippen LogP contribution in [-0.2, 0) is 6.54 Å². The summed E-state index contributed by atoms with van der Waals surface area (Å²) in [5, 5.41) is 3.52. The van der Waals surface area contributed by atoms with Gasteiger partial charge in [0.2, 0.25) is 0 Å². The predicted molar refractivity (Wildman–Crippen MR) is 87.0 cm³/mol. The van der Waals surface area contributed by atoms with Crippen molar-refractivity contribution in [2.45, 2.75) is 45.7 Å². The Balaban J connectivity index is 1.78. The Labute approximate surface area is 130 Å². The molecule has 1 saturated carbocycles. The van der Waals surface area contributed by atoms with Crippen molar-refractivity contribution in [1.82, 2.24) is 10.3 Å². The molecule has 1 saturated heterocycles. The molecule has 0 aromatic carbocycles. The van der Waals surface area contributed by atoms with Crippen molar-refractivity contribution in [3.05, 3.63) is 22.3 Å². The summed E-state index contributed by atoms with van der Waals surface area (Å²) in [6.07, 6.45) is 6.19. The fourth-order valence-corrected chi connectivity index (χ4v) is 3.99. The second-order valence-electron chi connectivity index (χ2n) is 6.53. The lowest BCUT2D eigenvalue weighted by Crippen LogP contribution is -2.27. The van der Waals surface area contributed by atoms with Crippen molar-refractivity contribution in [2.75, 3.05) is 18.0 Å². The van der Waals surface area contributed by atoms with Gasteiger partial charge in [0.25, 0.3) is 0 Å². The summed E-state index contributed by atoms with van der Waals surface area (Å²) in [4.78, 5) is 7.22. The monoisotopic (exact) mass is 337 g/mol. The minimum absolute atomic E-state index is 0.500. The molecule has 2 unspecified atom stereocenters. The lowest BCUT2D eigenvalue weighted by atomic mass is 10.0. The Morgan fingerprint density at radius 2 is 2.05 bits per heavy atom. The van der Waals surface area contributed by atoms with Crippen LogP contribution >= 0.6 is 15.9 Å². The van der Waals surface area contributed by atoms with E-state index in [1.165, 1.54) is 43.7 Å². The third-order valence-electron chi connectivity index (χ3n) is 4.64. The van der Waals surface area contributed by atoms with Gasteiger partial charge in [-0.25, -0.2) is 4.98 Å². The van der Waals surface area contributed by atoms with E-state index in [0.29, 0.717) is 6.04 Å². The lowest BCUT2D eigenvalue weighted by Gasteiger charge is -2.22. The fraction of sp³-hybridized carbons (Fsp3) is 0.688. The highest BCUT2D eigenvalue weighted by molar-refractivity contribution is 9.10. The zero-order chi connectivity index (χ0) is 14.1. The number of halogens is 1. The van der Waals surface area contributed by atoms with E-state index in [2.05, 4.69) is 46.1 Å². The number of pyridine rings is 1. The number of hydrogen-bond acceptors (Lipinski definition) is 3. The minimum atomic E-state index is 0.500. The maximum absolute atomic E-state index is 4.70. The van der Waals surface area contributed by atoms with Gasteiger partial charge in [0.05, 0.1) is 0 Å². The first-order valence-electron chi connectivity index (χ1n) is 7.76. The minimum Gasteiger partial charge on any atom is -0.356 e. The van der Waals surface area contributed by atoms with E-state index < -0.39 is 0 Å². The van der Waals surface area contributed by atoms with Crippen LogP contribution < -0.4 is 10.2 Å². The van der Waals surface area contributed by atoms with Gasteiger partial charge in [-0.15, -0.1) is 0 Å². The highest BCUT2D eigenvalue weighted by Crippen LogP contribution is 2.40. The molecule has 3 rings (SSSR count). The number of fused-ring (bicyclic) bond motifs is 1. The molecule has 2 atom stereocenters. The third kappa shape index (κ3) is 3.01. The fourth-order valence-electron chi connectivity index (χ4n) is 3.61. The molecule has 0 radical (unpaired) electrons. The van der Waals surface area contributed by atoms with Gasteiger partial charge >= 0.3 is 0 Å². The molecule has 2 fully saturated rings. The first kappa shape index (κ1) is 14.3. The molecule has 0 spiro atoms. The summed E-state index contributed by atoms with van der Waals surface area (Å²) in [5.41, 5.74) is 1.31. The molecular weight excluding hydrogens is 314 g/mol. The van der Waals surface area contributed by atoms with Crippen LogP contribution in [0.15, 0.2) is 16.7 Å². The van der Waals surface area contributed by atoms with Crippen LogP contribution in [0.4, 0.5) is 5.82 Å². The second-order valence-corrected chi connectivity index (χ2v) is 7.44. The summed E-state index contributed by atoms with van der Waals surface area (Å²) < 4.78 is 1.07. The molecule has 1 aliphatic carbocycles. The maximum Gasteiger partial charge on any atom is 0.133 e. The van der Waals surface area contributed by atoms with Crippen LogP contribution in [0.1, 0.15) is 38.7 Å². The molecule has 20 heavy (non-hydrogen) atoms. The van der Waals surface area contributed by atoms with Gasteiger partial charge in [-0.05, 0) is 46.7 Å². The molecule has 1 aromatic heterocycles. The van der Waals surface area contributed by atoms with Crippen LogP contribution in [0.2, 0.25) is 0 Å². The average Bonchev–Trinajstić information content (AvgIpc) is 2.97. The summed E-state index contributed by atoms with van der Waals surface area (Å²) in [5.74, 6) is 3.01. The summed E-state index contributed by atoms with van der Waals surface area (Å²) in [7, 11) is 0. The van der Waals surface area contributed by atoms with E-state index >= 15 is 0 Å². The average molecular weight is 338 g/mol. The van der Waals surface area contributed by atoms with Crippen molar-refractivity contribution < 1.29 is 0 Å². The van der Waals surface area contributed by atoms with Gasteiger partial charge in [0.15, 0.2) is 0 Å². The van der Waals surface area contributed by atoms with Crippen LogP contribution in [-0.4, -0.2) is 24.1 Å². The largest absolute Gasteiger partial charge is 0.356 e. The van der Waals surface area contributed by atoms with Crippen LogP contribution in [0.25, 0.3) is 0 Å². The van der Waals surface area contributed by atoms with Crippen LogP contribution in [0.3, 0.4) is 0 Å². The first-order valence-corrected chi connectivity index (χ1v) is 8.55. The molecule has 3 nitrogen and oxygen atoms in total. The highest BCUT2D eigenvalue weighted by Gasteiger charge is 2.37. The lowest BCUT2D eigenvalue weighted by molar-refractivity contribution is 0.494. The smallest absolute Gasteiger partial charge is 0.133 e. The van der Waals surface area contributed by atoms with Crippen molar-refractivity contribution in [3.8, 4) is 0 Å². The summed E-state index contributed by atoms with van der Waals surface area (Å²) in [6.45, 7) is 7.67. The molecule has 1 N–H and O–H groups in total. The standard InChI is InChI=1S/C16H24BrN3/c1-11(2)18-7-14-6-15(17)8-19-16(14)20-9-12-4-3-5-13(12)10-20/h6,8,11-13,18H,3-5,7,9-10H2,1-2H3. The van der Waals surface area contributed by atoms with Crippen LogP contribution in [0, 0.1) is 11.8 Å². The van der Waals surface area contributed by atoms with Crippen LogP contribution in [0.5, 0.6) is 0 Å². The van der Waals surface area contributed by atoms with Crippen molar-refractivity contribution >= 4 is 21.7 Å². The molecule has 0 amide bonds. The third-order valence-corrected chi connectivity index (χ3v) is 5.07. The SMILES string of the molecule is CC(C)NCc1cc(Br)cnc1N1CC2CCCC2C1. The molecule has 4 heteroatoms. The van der Waals surface area contributed by atoms with Gasteiger partial charge in [-0.3, -0.25) is 0 Å². The molecule has 1 aliphatic heterocycles. The number of hydrogen-bond donors (Lipinski definition) is 1. The Morgan fingerprint density at radius 3 is 2.70 bits per heavy atom. The molecule has 2 aliphatic rings. The number of nitrogens with one attached hydrogen (secondary N) is 1. The molecular formula is C16H24BrN3. The highest BCUT2D eigenvalue weighted by atomic mass is 79.9. The van der Waals surface area contributed by atoms with Crippen molar-refractivity contribution in [1.29, 1.82) is 0 Å². The Morgan fingerprint density at radius 1 is 1.35 bits per heavy atom. The number of aromatic nitrogens is 1. The van der Waals surface area contributed by atoms with Gasteiger partial charge in [-0.1, -0.05) is 20.3 Å². The Hall–Kier alpha value is -0.610. The van der Waals surface area contributed by atoms with Crippen molar-refractivity contribution in [2.24, 2.45) is 11.8 Å². The molecule has 110 valence electrons. The number of anilines is 1. The zero-order valence-corrected chi connectivity index (χ0v) is 14.0. The number of rotatable bonds is 4. The number of nitrogens with zero attached hydrogens (tertiary/aromatic N) is 2. The summed E-state index contributed by atoms with van der Waals surface area (Å²) in [6, 6.07) is 2.71. The van der Waals surface area contributed by atoms with Crippen molar-refractivity contribution in [3.63, 3.8) is 0 Å². The quantitative estimate of drug-likeness (QED) is 0.910. The first-order chi connectivity index (χ1) is 9.63. The molecule has 0 bridgehead atoms. The van der Waals surface area contributed by atoms with Gasteiger partial charge < -0.3 is 10.2 Å². The topological polar surface area (TPSA) is 28.2 Å². The van der Waals surface area contributed by atoms with E-state index in [4.69, 9.17) is 4.98 Å². The van der Waals surface area contributed by atoms with Gasteiger partial charge in [0, 0.05) is 41.9 Å². The normalized spacial score (nSPS) is 25.5. The van der Waals surface area contributed by atoms with E-state index in [-0.39, 0.29) is 0 Å². The van der Waals surface area contributed by atoms with E-state index in [9.17, 15) is 0 Å². The predicted octanol–water partition coefficient (Wildman–Crippen LogP) is 3.58. The van der Waals surface area contributed by atoms with E-state index in [1.807, 2.05) is 6.20 Å². The molecule has 1 aromatic rings. The second kappa shape index (κ2) is 6.02. The zero-order valence-electron chi connectivity index (χ0n) is 12.4. The van der Waals surface area contributed by atoms with Gasteiger partial charge in [-0.2, -0.15) is 0 Å². The summed E-state index contributed by atoms with van der Waals surface area (Å²) >= 11 is 3.55. The molecule has 2 heterocycles. The Kier molecular flexibility index (Phi) is 4.32.